The minimum Gasteiger partial charge on any atom is -0.480 e. The zero-order valence-corrected chi connectivity index (χ0v) is 12.3. The van der Waals surface area contributed by atoms with Crippen molar-refractivity contribution in [2.45, 2.75) is 18.9 Å². The normalized spacial score (nSPS) is 16.5. The number of carboxylic acids is 1. The van der Waals surface area contributed by atoms with Crippen molar-refractivity contribution >= 4 is 23.3 Å². The first-order chi connectivity index (χ1) is 10.1. The summed E-state index contributed by atoms with van der Waals surface area (Å²) in [4.78, 5) is 13.2. The smallest absolute Gasteiger partial charge is 0.323 e. The third-order valence-corrected chi connectivity index (χ3v) is 4.19. The molecule has 1 atom stereocenters. The van der Waals surface area contributed by atoms with E-state index in [4.69, 9.17) is 11.6 Å². The van der Waals surface area contributed by atoms with Gasteiger partial charge in [0.05, 0.1) is 6.04 Å². The predicted molar refractivity (Wildman–Crippen MR) is 83.9 cm³/mol. The first-order valence-electron chi connectivity index (χ1n) is 6.97. The van der Waals surface area contributed by atoms with Crippen LogP contribution in [0.15, 0.2) is 48.5 Å². The van der Waals surface area contributed by atoms with Gasteiger partial charge in [-0.05, 0) is 48.2 Å². The second-order valence-corrected chi connectivity index (χ2v) is 5.69. The Bertz CT molecular complexity index is 654. The number of carboxylic acid groups (broad SMARTS) is 1. The maximum Gasteiger partial charge on any atom is 0.323 e. The molecule has 21 heavy (non-hydrogen) atoms. The van der Waals surface area contributed by atoms with Crippen LogP contribution in [0.3, 0.4) is 0 Å². The summed E-state index contributed by atoms with van der Waals surface area (Å²) in [5.74, 6) is -0.825. The first kappa shape index (κ1) is 14.0. The summed E-state index contributed by atoms with van der Waals surface area (Å²) in [5, 5.41) is 9.89. The summed E-state index contributed by atoms with van der Waals surface area (Å²) < 4.78 is 0. The van der Waals surface area contributed by atoms with Crippen LogP contribution in [0.2, 0.25) is 5.02 Å². The molecule has 0 radical (unpaired) electrons. The number of aryl methyl sites for hydroxylation is 1. The molecule has 0 heterocycles. The van der Waals surface area contributed by atoms with Gasteiger partial charge in [0.15, 0.2) is 0 Å². The molecule has 3 rings (SSSR count). The molecule has 2 aromatic carbocycles. The van der Waals surface area contributed by atoms with Crippen molar-refractivity contribution in [3.05, 3.63) is 64.7 Å². The molecule has 0 saturated heterocycles. The SMILES string of the molecule is O=C(O)CN(c1ccc(Cl)cc1)C1CCc2ccccc21. The second kappa shape index (κ2) is 5.78. The van der Waals surface area contributed by atoms with Crippen LogP contribution in [0.4, 0.5) is 5.69 Å². The van der Waals surface area contributed by atoms with E-state index in [1.165, 1.54) is 11.1 Å². The molecule has 0 bridgehead atoms. The minimum absolute atomic E-state index is 0.0133. The maximum atomic E-state index is 11.3. The van der Waals surface area contributed by atoms with Gasteiger partial charge in [0.25, 0.3) is 0 Å². The number of anilines is 1. The molecule has 1 aliphatic carbocycles. The van der Waals surface area contributed by atoms with Crippen LogP contribution in [0, 0.1) is 0 Å². The number of fused-ring (bicyclic) bond motifs is 1. The first-order valence-corrected chi connectivity index (χ1v) is 7.35. The van der Waals surface area contributed by atoms with E-state index in [0.717, 1.165) is 18.5 Å². The fraction of sp³-hybridized carbons (Fsp3) is 0.235. The van der Waals surface area contributed by atoms with E-state index >= 15 is 0 Å². The van der Waals surface area contributed by atoms with Crippen LogP contribution >= 0.6 is 11.6 Å². The Kier molecular flexibility index (Phi) is 3.84. The maximum absolute atomic E-state index is 11.3. The zero-order valence-electron chi connectivity index (χ0n) is 11.5. The van der Waals surface area contributed by atoms with Crippen LogP contribution in [0.1, 0.15) is 23.6 Å². The topological polar surface area (TPSA) is 40.5 Å². The summed E-state index contributed by atoms with van der Waals surface area (Å²) >= 11 is 5.93. The number of carbonyl (C=O) groups is 1. The molecule has 0 amide bonds. The molecule has 108 valence electrons. The van der Waals surface area contributed by atoms with Gasteiger partial charge in [0, 0.05) is 10.7 Å². The Hall–Kier alpha value is -2.00. The second-order valence-electron chi connectivity index (χ2n) is 5.25. The lowest BCUT2D eigenvalue weighted by molar-refractivity contribution is -0.135. The molecular weight excluding hydrogens is 286 g/mol. The third kappa shape index (κ3) is 2.88. The van der Waals surface area contributed by atoms with Crippen molar-refractivity contribution < 1.29 is 9.90 Å². The number of hydrogen-bond acceptors (Lipinski definition) is 2. The molecule has 1 aliphatic rings. The molecule has 0 fully saturated rings. The van der Waals surface area contributed by atoms with Crippen LogP contribution in [-0.4, -0.2) is 17.6 Å². The van der Waals surface area contributed by atoms with E-state index in [2.05, 4.69) is 12.1 Å². The fourth-order valence-electron chi connectivity index (χ4n) is 3.02. The molecular formula is C17H16ClNO2. The molecule has 1 N–H and O–H groups in total. The molecule has 0 saturated carbocycles. The number of rotatable bonds is 4. The van der Waals surface area contributed by atoms with Crippen LogP contribution in [-0.2, 0) is 11.2 Å². The minimum atomic E-state index is -0.825. The van der Waals surface area contributed by atoms with Gasteiger partial charge in [-0.3, -0.25) is 4.79 Å². The van der Waals surface area contributed by atoms with Gasteiger partial charge >= 0.3 is 5.97 Å². The van der Waals surface area contributed by atoms with Gasteiger partial charge in [-0.25, -0.2) is 0 Å². The van der Waals surface area contributed by atoms with Crippen molar-refractivity contribution in [3.63, 3.8) is 0 Å². The van der Waals surface area contributed by atoms with Gasteiger partial charge in [0.2, 0.25) is 0 Å². The largest absolute Gasteiger partial charge is 0.480 e. The molecule has 1 unspecified atom stereocenters. The van der Waals surface area contributed by atoms with E-state index in [1.807, 2.05) is 29.2 Å². The zero-order chi connectivity index (χ0) is 14.8. The lowest BCUT2D eigenvalue weighted by Gasteiger charge is -2.30. The van der Waals surface area contributed by atoms with Crippen molar-refractivity contribution in [2.75, 3.05) is 11.4 Å². The molecule has 0 aromatic heterocycles. The summed E-state index contributed by atoms with van der Waals surface area (Å²) in [6.07, 6.45) is 1.93. The lowest BCUT2D eigenvalue weighted by atomic mass is 10.1. The standard InChI is InChI=1S/C17H16ClNO2/c18-13-6-8-14(9-7-13)19(11-17(20)21)16-10-5-12-3-1-2-4-15(12)16/h1-4,6-9,16H,5,10-11H2,(H,20,21). The summed E-state index contributed by atoms with van der Waals surface area (Å²) in [7, 11) is 0. The van der Waals surface area contributed by atoms with Crippen molar-refractivity contribution in [3.8, 4) is 0 Å². The fourth-order valence-corrected chi connectivity index (χ4v) is 3.14. The predicted octanol–water partition coefficient (Wildman–Crippen LogP) is 3.92. The lowest BCUT2D eigenvalue weighted by Crippen LogP contribution is -2.32. The van der Waals surface area contributed by atoms with E-state index in [0.29, 0.717) is 5.02 Å². The van der Waals surface area contributed by atoms with Gasteiger partial charge in [0.1, 0.15) is 6.54 Å². The number of nitrogens with zero attached hydrogens (tertiary/aromatic N) is 1. The Labute approximate surface area is 128 Å². The van der Waals surface area contributed by atoms with E-state index in [1.54, 1.807) is 12.1 Å². The van der Waals surface area contributed by atoms with E-state index in [9.17, 15) is 9.90 Å². The molecule has 3 nitrogen and oxygen atoms in total. The number of aliphatic carboxylic acids is 1. The highest BCUT2D eigenvalue weighted by Crippen LogP contribution is 2.38. The highest BCUT2D eigenvalue weighted by atomic mass is 35.5. The summed E-state index contributed by atoms with van der Waals surface area (Å²) in [6, 6.07) is 15.7. The molecule has 0 spiro atoms. The highest BCUT2D eigenvalue weighted by molar-refractivity contribution is 6.30. The molecule has 0 aliphatic heterocycles. The Morgan fingerprint density at radius 1 is 1.19 bits per heavy atom. The van der Waals surface area contributed by atoms with Crippen molar-refractivity contribution in [1.82, 2.24) is 0 Å². The average molecular weight is 302 g/mol. The number of hydrogen-bond donors (Lipinski definition) is 1. The quantitative estimate of drug-likeness (QED) is 0.930. The van der Waals surface area contributed by atoms with E-state index < -0.39 is 5.97 Å². The van der Waals surface area contributed by atoms with Crippen molar-refractivity contribution in [1.29, 1.82) is 0 Å². The number of benzene rings is 2. The van der Waals surface area contributed by atoms with Crippen LogP contribution < -0.4 is 4.90 Å². The Balaban J connectivity index is 1.97. The third-order valence-electron chi connectivity index (χ3n) is 3.94. The monoisotopic (exact) mass is 301 g/mol. The van der Waals surface area contributed by atoms with Gasteiger partial charge in [-0.15, -0.1) is 0 Å². The van der Waals surface area contributed by atoms with Gasteiger partial charge in [-0.1, -0.05) is 35.9 Å². The molecule has 4 heteroatoms. The van der Waals surface area contributed by atoms with Gasteiger partial charge in [-0.2, -0.15) is 0 Å². The van der Waals surface area contributed by atoms with Crippen molar-refractivity contribution in [2.24, 2.45) is 0 Å². The summed E-state index contributed by atoms with van der Waals surface area (Å²) in [6.45, 7) is -0.0133. The number of halogens is 1. The highest BCUT2D eigenvalue weighted by Gasteiger charge is 2.29. The average Bonchev–Trinajstić information content (AvgIpc) is 2.89. The van der Waals surface area contributed by atoms with E-state index in [-0.39, 0.29) is 12.6 Å². The van der Waals surface area contributed by atoms with Crippen LogP contribution in [0.5, 0.6) is 0 Å². The Morgan fingerprint density at radius 3 is 2.62 bits per heavy atom. The Morgan fingerprint density at radius 2 is 1.90 bits per heavy atom. The van der Waals surface area contributed by atoms with Crippen LogP contribution in [0.25, 0.3) is 0 Å². The van der Waals surface area contributed by atoms with Gasteiger partial charge < -0.3 is 10.0 Å². The molecule has 2 aromatic rings. The summed E-state index contributed by atoms with van der Waals surface area (Å²) in [5.41, 5.74) is 3.43.